The minimum Gasteiger partial charge on any atom is -0.369 e. The number of halogens is 1. The van der Waals surface area contributed by atoms with Crippen molar-refractivity contribution in [3.05, 3.63) is 34.8 Å². The van der Waals surface area contributed by atoms with Crippen LogP contribution >= 0.6 is 25.8 Å². The Morgan fingerprint density at radius 3 is 2.75 bits per heavy atom. The molecule has 0 saturated carbocycles. The van der Waals surface area contributed by atoms with Gasteiger partial charge in [-0.3, -0.25) is 23.4 Å². The van der Waals surface area contributed by atoms with Crippen molar-refractivity contribution in [2.75, 3.05) is 24.7 Å². The number of fused-ring (bicyclic) bond motifs is 2. The largest absolute Gasteiger partial charge is 0.386 e. The van der Waals surface area contributed by atoms with Gasteiger partial charge in [-0.05, 0) is 24.6 Å². The molecule has 0 spiro atoms. The molecule has 2 aliphatic rings. The van der Waals surface area contributed by atoms with Crippen molar-refractivity contribution in [1.29, 1.82) is 0 Å². The van der Waals surface area contributed by atoms with E-state index in [1.54, 1.807) is 6.20 Å². The standard InChI is InChI=1S/C20H25FN10O9P2S2/c21-12-11(5-36-41(33,34)43)39-18(30-7-26-13-16(30)28-19(22)29-17(13)32)14(12)40-42(35,44)37-4-8-1-2-10(38-8)9-3-27-31-15(9)24-6-25-20(31)23/h3,6-8,10-12,14,18H,1-2,4-5H2,(H,35,44)(H2,23,24,25)(H2,33,34,43)(H3,22,28,29,32)/t8-,10+,11+,12+,14+,18+,42?/m0/s1. The lowest BCUT2D eigenvalue weighted by molar-refractivity contribution is -0.0454. The lowest BCUT2D eigenvalue weighted by Crippen LogP contribution is -2.32. The van der Waals surface area contributed by atoms with Gasteiger partial charge in [-0.15, -0.1) is 0 Å². The van der Waals surface area contributed by atoms with Gasteiger partial charge in [-0.2, -0.15) is 14.6 Å². The average Bonchev–Trinajstić information content (AvgIpc) is 3.73. The normalized spacial score (nSPS) is 27.4. The molecule has 6 heterocycles. The number of hydrogen-bond donors (Lipinski definition) is 6. The van der Waals surface area contributed by atoms with Gasteiger partial charge in [-0.25, -0.2) is 23.9 Å². The van der Waals surface area contributed by atoms with Crippen LogP contribution in [0.2, 0.25) is 0 Å². The van der Waals surface area contributed by atoms with Gasteiger partial charge in [0.1, 0.15) is 18.5 Å². The van der Waals surface area contributed by atoms with Gasteiger partial charge in [0.05, 0.1) is 37.9 Å². The summed E-state index contributed by atoms with van der Waals surface area (Å²) in [6.45, 7) is -9.41. The summed E-state index contributed by atoms with van der Waals surface area (Å²) in [6, 6.07) is 0. The van der Waals surface area contributed by atoms with Crippen LogP contribution in [0.15, 0.2) is 23.6 Å². The Balaban J connectivity index is 1.17. The predicted molar refractivity (Wildman–Crippen MR) is 156 cm³/mol. The van der Waals surface area contributed by atoms with Gasteiger partial charge >= 0.3 is 13.5 Å². The molecule has 0 aromatic carbocycles. The van der Waals surface area contributed by atoms with Crippen molar-refractivity contribution in [3.63, 3.8) is 0 Å². The Labute approximate surface area is 256 Å². The summed E-state index contributed by atoms with van der Waals surface area (Å²) >= 11 is 8.47. The van der Waals surface area contributed by atoms with E-state index in [1.807, 2.05) is 0 Å². The van der Waals surface area contributed by atoms with E-state index in [0.29, 0.717) is 24.1 Å². The van der Waals surface area contributed by atoms with Crippen molar-refractivity contribution in [1.82, 2.24) is 39.1 Å². The van der Waals surface area contributed by atoms with Crippen LogP contribution in [0, 0.1) is 0 Å². The molecule has 7 N–H and O–H groups in total. The summed E-state index contributed by atoms with van der Waals surface area (Å²) in [5.41, 5.74) is 11.8. The van der Waals surface area contributed by atoms with Crippen molar-refractivity contribution < 1.29 is 41.8 Å². The number of H-pyrrole nitrogens is 1. The molecule has 6 rings (SSSR count). The van der Waals surface area contributed by atoms with Gasteiger partial charge in [0, 0.05) is 5.56 Å². The van der Waals surface area contributed by atoms with E-state index < -0.39 is 62.5 Å². The quantitative estimate of drug-likeness (QED) is 0.0977. The van der Waals surface area contributed by atoms with Crippen LogP contribution in [-0.4, -0.2) is 86.6 Å². The van der Waals surface area contributed by atoms with E-state index in [9.17, 15) is 19.1 Å². The third kappa shape index (κ3) is 6.38. The summed E-state index contributed by atoms with van der Waals surface area (Å²) in [4.78, 5) is 49.6. The van der Waals surface area contributed by atoms with Gasteiger partial charge in [0.15, 0.2) is 29.2 Å². The first-order valence-corrected chi connectivity index (χ1v) is 18.1. The monoisotopic (exact) mass is 694 g/mol. The van der Waals surface area contributed by atoms with E-state index in [4.69, 9.17) is 34.5 Å². The molecule has 19 nitrogen and oxygen atoms in total. The highest BCUT2D eigenvalue weighted by atomic mass is 32.7. The van der Waals surface area contributed by atoms with Crippen LogP contribution in [0.5, 0.6) is 0 Å². The fourth-order valence-corrected chi connectivity index (χ4v) is 6.95. The number of nitrogens with one attached hydrogen (secondary N) is 1. The van der Waals surface area contributed by atoms with Crippen LogP contribution < -0.4 is 17.0 Å². The second-order valence-corrected chi connectivity index (χ2v) is 15.3. The highest BCUT2D eigenvalue weighted by Gasteiger charge is 2.51. The first kappa shape index (κ1) is 31.4. The molecule has 7 atom stereocenters. The summed E-state index contributed by atoms with van der Waals surface area (Å²) in [7, 11) is 0. The van der Waals surface area contributed by atoms with Crippen LogP contribution in [0.1, 0.15) is 30.7 Å². The molecule has 2 fully saturated rings. The van der Waals surface area contributed by atoms with Crippen molar-refractivity contribution >= 4 is 66.3 Å². The second kappa shape index (κ2) is 12.0. The molecule has 238 valence electrons. The van der Waals surface area contributed by atoms with E-state index in [2.05, 4.69) is 54.1 Å². The highest BCUT2D eigenvalue weighted by molar-refractivity contribution is 8.44. The number of nitrogen functional groups attached to an aromatic ring is 2. The fourth-order valence-electron chi connectivity index (χ4n) is 4.96. The van der Waals surface area contributed by atoms with Crippen molar-refractivity contribution in [3.8, 4) is 0 Å². The third-order valence-corrected chi connectivity index (χ3v) is 9.30. The summed E-state index contributed by atoms with van der Waals surface area (Å²) < 4.78 is 59.2. The SMILES string of the molecule is Nc1nc2c(ncn2[C@@H]2O[C@H](COP(O)(O)=S)[C@@H](F)[C@H]2OP(=O)(S)OC[C@@H]2CC[C@H](c3cnn4c(N)ncnc34)O2)c(=O)[nH]1. The van der Waals surface area contributed by atoms with Crippen molar-refractivity contribution in [2.24, 2.45) is 0 Å². The number of aromatic nitrogens is 8. The maximum atomic E-state index is 15.7. The number of alkyl halides is 1. The topological polar surface area (TPSA) is 262 Å². The van der Waals surface area contributed by atoms with Gasteiger partial charge in [0.2, 0.25) is 11.9 Å². The van der Waals surface area contributed by atoms with E-state index in [0.717, 1.165) is 10.9 Å². The molecule has 2 aliphatic heterocycles. The summed E-state index contributed by atoms with van der Waals surface area (Å²) in [5.74, 6) is -0.0928. The number of thiol groups is 1. The maximum Gasteiger partial charge on any atom is 0.386 e. The lowest BCUT2D eigenvalue weighted by atomic mass is 10.1. The minimum absolute atomic E-state index is 0.0897. The first-order chi connectivity index (χ1) is 20.8. The van der Waals surface area contributed by atoms with E-state index in [-0.39, 0.29) is 29.7 Å². The summed E-state index contributed by atoms with van der Waals surface area (Å²) in [6.07, 6.45) is -2.57. The van der Waals surface area contributed by atoms with Gasteiger partial charge < -0.3 is 35.3 Å². The van der Waals surface area contributed by atoms with Gasteiger partial charge in [-0.1, -0.05) is 12.2 Å². The van der Waals surface area contributed by atoms with Crippen LogP contribution in [0.3, 0.4) is 0 Å². The zero-order valence-corrected chi connectivity index (χ0v) is 25.7. The maximum absolute atomic E-state index is 15.7. The zero-order valence-electron chi connectivity index (χ0n) is 22.2. The molecule has 24 heteroatoms. The van der Waals surface area contributed by atoms with Crippen molar-refractivity contribution in [2.45, 2.75) is 49.7 Å². The number of anilines is 2. The molecule has 1 unspecified atom stereocenters. The average molecular weight is 695 g/mol. The lowest BCUT2D eigenvalue weighted by Gasteiger charge is -2.24. The number of hydrogen-bond acceptors (Lipinski definition) is 15. The van der Waals surface area contributed by atoms with Crippen LogP contribution in [-0.2, 0) is 39.4 Å². The Hall–Kier alpha value is -2.62. The molecule has 0 bridgehead atoms. The van der Waals surface area contributed by atoms with E-state index >= 15 is 4.39 Å². The third-order valence-electron chi connectivity index (χ3n) is 6.89. The Kier molecular flexibility index (Phi) is 8.52. The first-order valence-electron chi connectivity index (χ1n) is 12.8. The number of ether oxygens (including phenoxy) is 2. The highest BCUT2D eigenvalue weighted by Crippen LogP contribution is 2.57. The molecule has 4 aromatic heterocycles. The Morgan fingerprint density at radius 2 is 1.98 bits per heavy atom. The smallest absolute Gasteiger partial charge is 0.369 e. The predicted octanol–water partition coefficient (Wildman–Crippen LogP) is 0.543. The number of rotatable bonds is 10. The van der Waals surface area contributed by atoms with Crippen LogP contribution in [0.4, 0.5) is 16.3 Å². The molecule has 44 heavy (non-hydrogen) atoms. The van der Waals surface area contributed by atoms with Gasteiger partial charge in [0.25, 0.3) is 5.56 Å². The molecular weight excluding hydrogens is 669 g/mol. The fraction of sp³-hybridized carbons (Fsp3) is 0.500. The van der Waals surface area contributed by atoms with E-state index in [1.165, 1.54) is 10.8 Å². The number of imidazole rings is 1. The zero-order chi connectivity index (χ0) is 31.4. The molecule has 4 aromatic rings. The minimum atomic E-state index is -4.31. The van der Waals surface area contributed by atoms with Crippen LogP contribution in [0.25, 0.3) is 16.8 Å². The summed E-state index contributed by atoms with van der Waals surface area (Å²) in [5, 5.41) is 4.18. The molecule has 2 saturated heterocycles. The molecule has 0 amide bonds. The molecular formula is C20H25FN10O9P2S2. The Bertz CT molecular complexity index is 1860. The number of aromatic amines is 1. The number of nitrogens with two attached hydrogens (primary N) is 2. The molecule has 0 aliphatic carbocycles. The Morgan fingerprint density at radius 1 is 1.18 bits per heavy atom. The number of nitrogens with zero attached hydrogens (tertiary/aromatic N) is 7. The molecule has 0 radical (unpaired) electrons. The second-order valence-electron chi connectivity index (χ2n) is 9.80.